The number of hydrogen-bond donors (Lipinski definition) is 1. The molecule has 0 atom stereocenters. The highest BCUT2D eigenvalue weighted by Gasteiger charge is 2.24. The first-order valence-corrected chi connectivity index (χ1v) is 11.3. The predicted molar refractivity (Wildman–Crippen MR) is 111 cm³/mol. The zero-order chi connectivity index (χ0) is 20.1. The SMILES string of the molecule is CC(C)NS(=O)(=O)c1ccc(C(=O)N2CCC(Cc3ccccc3)CC2)cc1. The van der Waals surface area contributed by atoms with Gasteiger partial charge in [-0.1, -0.05) is 30.3 Å². The van der Waals surface area contributed by atoms with Crippen molar-refractivity contribution in [1.29, 1.82) is 0 Å². The first kappa shape index (κ1) is 20.6. The van der Waals surface area contributed by atoms with Gasteiger partial charge in [0.1, 0.15) is 0 Å². The van der Waals surface area contributed by atoms with Crippen molar-refractivity contribution in [3.8, 4) is 0 Å². The van der Waals surface area contributed by atoms with E-state index in [-0.39, 0.29) is 16.8 Å². The Labute approximate surface area is 167 Å². The number of sulfonamides is 1. The Morgan fingerprint density at radius 1 is 1.04 bits per heavy atom. The quantitative estimate of drug-likeness (QED) is 0.807. The van der Waals surface area contributed by atoms with Gasteiger partial charge >= 0.3 is 0 Å². The fourth-order valence-corrected chi connectivity index (χ4v) is 4.88. The molecule has 1 aliphatic rings. The molecule has 0 unspecified atom stereocenters. The average Bonchev–Trinajstić information content (AvgIpc) is 2.68. The lowest BCUT2D eigenvalue weighted by Crippen LogP contribution is -2.39. The van der Waals surface area contributed by atoms with Crippen molar-refractivity contribution in [2.75, 3.05) is 13.1 Å². The van der Waals surface area contributed by atoms with Gasteiger partial charge in [0.05, 0.1) is 4.90 Å². The van der Waals surface area contributed by atoms with E-state index in [2.05, 4.69) is 29.0 Å². The first-order valence-electron chi connectivity index (χ1n) is 9.81. The zero-order valence-corrected chi connectivity index (χ0v) is 17.3. The number of rotatable bonds is 6. The summed E-state index contributed by atoms with van der Waals surface area (Å²) >= 11 is 0. The molecule has 1 saturated heterocycles. The Kier molecular flexibility index (Phi) is 6.52. The monoisotopic (exact) mass is 400 g/mol. The molecular weight excluding hydrogens is 372 g/mol. The van der Waals surface area contributed by atoms with Crippen molar-refractivity contribution in [2.45, 2.75) is 44.0 Å². The van der Waals surface area contributed by atoms with Crippen LogP contribution in [0.5, 0.6) is 0 Å². The Morgan fingerprint density at radius 2 is 1.64 bits per heavy atom. The molecule has 1 aliphatic heterocycles. The van der Waals surface area contributed by atoms with E-state index < -0.39 is 10.0 Å². The van der Waals surface area contributed by atoms with Crippen molar-refractivity contribution >= 4 is 15.9 Å². The third kappa shape index (κ3) is 5.20. The lowest BCUT2D eigenvalue weighted by atomic mass is 9.90. The number of likely N-dealkylation sites (tertiary alicyclic amines) is 1. The van der Waals surface area contributed by atoms with Gasteiger partial charge in [0.15, 0.2) is 0 Å². The van der Waals surface area contributed by atoms with Gasteiger partial charge in [-0.15, -0.1) is 0 Å². The highest BCUT2D eigenvalue weighted by Crippen LogP contribution is 2.23. The Bertz CT molecular complexity index is 885. The molecular formula is C22H28N2O3S. The molecule has 28 heavy (non-hydrogen) atoms. The van der Waals surface area contributed by atoms with E-state index in [9.17, 15) is 13.2 Å². The average molecular weight is 401 g/mol. The molecule has 0 aliphatic carbocycles. The second kappa shape index (κ2) is 8.88. The highest BCUT2D eigenvalue weighted by molar-refractivity contribution is 7.89. The largest absolute Gasteiger partial charge is 0.339 e. The van der Waals surface area contributed by atoms with Crippen LogP contribution < -0.4 is 4.72 Å². The molecule has 5 nitrogen and oxygen atoms in total. The third-order valence-electron chi connectivity index (χ3n) is 5.07. The number of piperidine rings is 1. The van der Waals surface area contributed by atoms with E-state index in [0.717, 1.165) is 32.4 Å². The van der Waals surface area contributed by atoms with Crippen LogP contribution in [0.3, 0.4) is 0 Å². The van der Waals surface area contributed by atoms with Crippen LogP contribution in [0, 0.1) is 5.92 Å². The van der Waals surface area contributed by atoms with Crippen molar-refractivity contribution in [3.05, 3.63) is 65.7 Å². The minimum atomic E-state index is -3.54. The van der Waals surface area contributed by atoms with Gasteiger partial charge in [0.2, 0.25) is 10.0 Å². The molecule has 0 radical (unpaired) electrons. The number of hydrogen-bond acceptors (Lipinski definition) is 3. The van der Waals surface area contributed by atoms with Crippen LogP contribution in [0.4, 0.5) is 0 Å². The summed E-state index contributed by atoms with van der Waals surface area (Å²) in [5.74, 6) is 0.569. The van der Waals surface area contributed by atoms with Crippen molar-refractivity contribution < 1.29 is 13.2 Å². The Hall–Kier alpha value is -2.18. The lowest BCUT2D eigenvalue weighted by Gasteiger charge is -2.32. The summed E-state index contributed by atoms with van der Waals surface area (Å²) in [6.07, 6.45) is 3.04. The summed E-state index contributed by atoms with van der Waals surface area (Å²) in [5.41, 5.74) is 1.88. The van der Waals surface area contributed by atoms with Gasteiger partial charge in [-0.3, -0.25) is 4.79 Å². The summed E-state index contributed by atoms with van der Waals surface area (Å²) in [4.78, 5) is 14.8. The summed E-state index contributed by atoms with van der Waals surface area (Å²) in [5, 5.41) is 0. The summed E-state index contributed by atoms with van der Waals surface area (Å²) < 4.78 is 27.0. The Morgan fingerprint density at radius 3 is 2.21 bits per heavy atom. The molecule has 3 rings (SSSR count). The van der Waals surface area contributed by atoms with E-state index >= 15 is 0 Å². The molecule has 1 amide bonds. The molecule has 150 valence electrons. The third-order valence-corrected chi connectivity index (χ3v) is 6.75. The van der Waals surface area contributed by atoms with Gasteiger partial charge in [-0.25, -0.2) is 13.1 Å². The molecule has 0 spiro atoms. The minimum absolute atomic E-state index is 0.0288. The maximum absolute atomic E-state index is 12.8. The lowest BCUT2D eigenvalue weighted by molar-refractivity contribution is 0.0690. The van der Waals surface area contributed by atoms with Gasteiger partial charge in [0.25, 0.3) is 5.91 Å². The van der Waals surface area contributed by atoms with Crippen molar-refractivity contribution in [3.63, 3.8) is 0 Å². The number of nitrogens with one attached hydrogen (secondary N) is 1. The fraction of sp³-hybridized carbons (Fsp3) is 0.409. The number of nitrogens with zero attached hydrogens (tertiary/aromatic N) is 1. The summed E-state index contributed by atoms with van der Waals surface area (Å²) in [7, 11) is -3.54. The molecule has 0 aromatic heterocycles. The van der Waals surface area contributed by atoms with Gasteiger partial charge < -0.3 is 4.90 Å². The van der Waals surface area contributed by atoms with Crippen LogP contribution in [-0.2, 0) is 16.4 Å². The minimum Gasteiger partial charge on any atom is -0.339 e. The van der Waals surface area contributed by atoms with Crippen LogP contribution >= 0.6 is 0 Å². The molecule has 2 aromatic rings. The number of amides is 1. The molecule has 1 heterocycles. The maximum atomic E-state index is 12.8. The molecule has 6 heteroatoms. The highest BCUT2D eigenvalue weighted by atomic mass is 32.2. The number of benzene rings is 2. The standard InChI is InChI=1S/C22H28N2O3S/c1-17(2)23-28(26,27)21-10-8-20(9-11-21)22(25)24-14-12-19(13-15-24)16-18-6-4-3-5-7-18/h3-11,17,19,23H,12-16H2,1-2H3. The van der Waals surface area contributed by atoms with Crippen LogP contribution in [0.1, 0.15) is 42.6 Å². The molecule has 0 saturated carbocycles. The molecule has 2 aromatic carbocycles. The predicted octanol–water partition coefficient (Wildman–Crippen LogP) is 3.47. The van der Waals surface area contributed by atoms with Gasteiger partial charge in [-0.2, -0.15) is 0 Å². The van der Waals surface area contributed by atoms with Crippen LogP contribution in [-0.4, -0.2) is 38.4 Å². The Balaban J connectivity index is 1.58. The zero-order valence-electron chi connectivity index (χ0n) is 16.5. The summed E-state index contributed by atoms with van der Waals surface area (Å²) in [6.45, 7) is 5.03. The fourth-order valence-electron chi connectivity index (χ4n) is 3.63. The second-order valence-corrected chi connectivity index (χ2v) is 9.44. The number of carbonyl (C=O) groups excluding carboxylic acids is 1. The first-order chi connectivity index (χ1) is 13.3. The maximum Gasteiger partial charge on any atom is 0.253 e. The van der Waals surface area contributed by atoms with Crippen LogP contribution in [0.2, 0.25) is 0 Å². The van der Waals surface area contributed by atoms with Crippen LogP contribution in [0.25, 0.3) is 0 Å². The van der Waals surface area contributed by atoms with Crippen molar-refractivity contribution in [1.82, 2.24) is 9.62 Å². The normalized spacial score (nSPS) is 15.8. The van der Waals surface area contributed by atoms with Crippen molar-refractivity contribution in [2.24, 2.45) is 5.92 Å². The molecule has 0 bridgehead atoms. The molecule has 1 fully saturated rings. The van der Waals surface area contributed by atoms with Crippen LogP contribution in [0.15, 0.2) is 59.5 Å². The van der Waals surface area contributed by atoms with E-state index in [1.54, 1.807) is 26.0 Å². The molecule has 1 N–H and O–H groups in total. The smallest absolute Gasteiger partial charge is 0.253 e. The van der Waals surface area contributed by atoms with E-state index in [1.807, 2.05) is 11.0 Å². The van der Waals surface area contributed by atoms with Gasteiger partial charge in [0, 0.05) is 24.7 Å². The summed E-state index contributed by atoms with van der Waals surface area (Å²) in [6, 6.07) is 16.5. The number of carbonyl (C=O) groups is 1. The van der Waals surface area contributed by atoms with E-state index in [0.29, 0.717) is 11.5 Å². The topological polar surface area (TPSA) is 66.5 Å². The second-order valence-electron chi connectivity index (χ2n) is 7.73. The van der Waals surface area contributed by atoms with Gasteiger partial charge in [-0.05, 0) is 68.9 Å². The van der Waals surface area contributed by atoms with E-state index in [1.165, 1.54) is 17.7 Å². The van der Waals surface area contributed by atoms with E-state index in [4.69, 9.17) is 0 Å².